The molecule has 1 heterocycles. The first kappa shape index (κ1) is 16.5. The van der Waals surface area contributed by atoms with Crippen LogP contribution in [0.3, 0.4) is 0 Å². The van der Waals surface area contributed by atoms with Gasteiger partial charge in [0.05, 0.1) is 12.3 Å². The lowest BCUT2D eigenvalue weighted by Crippen LogP contribution is -2.15. The summed E-state index contributed by atoms with van der Waals surface area (Å²) in [5, 5.41) is 16.9. The fourth-order valence-electron chi connectivity index (χ4n) is 2.57. The van der Waals surface area contributed by atoms with E-state index in [2.05, 4.69) is 31.2 Å². The summed E-state index contributed by atoms with van der Waals surface area (Å²) in [7, 11) is 0. The quantitative estimate of drug-likeness (QED) is 0.785. The maximum absolute atomic E-state index is 8.88. The van der Waals surface area contributed by atoms with Crippen LogP contribution in [0.4, 0.5) is 0 Å². The SMILES string of the molecule is CCn1nc(C)c(CNCc2ccccc2OCCO)c1C. The van der Waals surface area contributed by atoms with E-state index in [0.29, 0.717) is 6.61 Å². The van der Waals surface area contributed by atoms with Gasteiger partial charge in [0.1, 0.15) is 12.4 Å². The number of aliphatic hydroxyl groups excluding tert-OH is 1. The lowest BCUT2D eigenvalue weighted by atomic mass is 10.1. The van der Waals surface area contributed by atoms with Gasteiger partial charge in [0.15, 0.2) is 0 Å². The summed E-state index contributed by atoms with van der Waals surface area (Å²) in [6, 6.07) is 7.90. The molecular weight excluding hydrogens is 278 g/mol. The van der Waals surface area contributed by atoms with Crippen LogP contribution in [0.1, 0.15) is 29.4 Å². The Morgan fingerprint density at radius 1 is 1.23 bits per heavy atom. The van der Waals surface area contributed by atoms with E-state index >= 15 is 0 Å². The molecule has 120 valence electrons. The highest BCUT2D eigenvalue weighted by atomic mass is 16.5. The maximum Gasteiger partial charge on any atom is 0.123 e. The molecule has 0 aliphatic carbocycles. The molecule has 2 rings (SSSR count). The Kier molecular flexibility index (Phi) is 5.98. The van der Waals surface area contributed by atoms with Gasteiger partial charge in [-0.3, -0.25) is 4.68 Å². The molecule has 0 fully saturated rings. The van der Waals surface area contributed by atoms with Crippen molar-refractivity contribution in [1.29, 1.82) is 0 Å². The summed E-state index contributed by atoms with van der Waals surface area (Å²) < 4.78 is 7.58. The summed E-state index contributed by atoms with van der Waals surface area (Å²) in [6.07, 6.45) is 0. The van der Waals surface area contributed by atoms with Gasteiger partial charge in [-0.1, -0.05) is 18.2 Å². The normalized spacial score (nSPS) is 10.9. The smallest absolute Gasteiger partial charge is 0.123 e. The van der Waals surface area contributed by atoms with E-state index in [4.69, 9.17) is 9.84 Å². The van der Waals surface area contributed by atoms with Crippen LogP contribution in [0.25, 0.3) is 0 Å². The Morgan fingerprint density at radius 3 is 2.68 bits per heavy atom. The number of rotatable bonds is 8. The van der Waals surface area contributed by atoms with E-state index in [0.717, 1.165) is 36.6 Å². The molecule has 0 radical (unpaired) electrons. The van der Waals surface area contributed by atoms with Crippen LogP contribution in [0, 0.1) is 13.8 Å². The van der Waals surface area contributed by atoms with Crippen molar-refractivity contribution in [2.24, 2.45) is 0 Å². The highest BCUT2D eigenvalue weighted by Crippen LogP contribution is 2.18. The predicted octanol–water partition coefficient (Wildman–Crippen LogP) is 2.18. The third-order valence-corrected chi connectivity index (χ3v) is 3.77. The molecular formula is C17H25N3O2. The molecule has 5 heteroatoms. The Balaban J connectivity index is 1.98. The topological polar surface area (TPSA) is 59.3 Å². The van der Waals surface area contributed by atoms with Crippen LogP contribution in [0.5, 0.6) is 5.75 Å². The number of aliphatic hydroxyl groups is 1. The fraction of sp³-hybridized carbons (Fsp3) is 0.471. The fourth-order valence-corrected chi connectivity index (χ4v) is 2.57. The largest absolute Gasteiger partial charge is 0.491 e. The van der Waals surface area contributed by atoms with Gasteiger partial charge in [0, 0.05) is 36.5 Å². The number of ether oxygens (including phenoxy) is 1. The number of aryl methyl sites for hydroxylation is 2. The van der Waals surface area contributed by atoms with Crippen molar-refractivity contribution < 1.29 is 9.84 Å². The molecule has 0 spiro atoms. The van der Waals surface area contributed by atoms with E-state index in [-0.39, 0.29) is 6.61 Å². The van der Waals surface area contributed by atoms with E-state index in [9.17, 15) is 0 Å². The first-order valence-corrected chi connectivity index (χ1v) is 7.72. The summed E-state index contributed by atoms with van der Waals surface area (Å²) >= 11 is 0. The third-order valence-electron chi connectivity index (χ3n) is 3.77. The van der Waals surface area contributed by atoms with Crippen molar-refractivity contribution >= 4 is 0 Å². The van der Waals surface area contributed by atoms with Crippen LogP contribution in [0.15, 0.2) is 24.3 Å². The Labute approximate surface area is 131 Å². The Hall–Kier alpha value is -1.85. The van der Waals surface area contributed by atoms with Crippen molar-refractivity contribution in [2.75, 3.05) is 13.2 Å². The highest BCUT2D eigenvalue weighted by molar-refractivity contribution is 5.33. The number of hydrogen-bond acceptors (Lipinski definition) is 4. The number of aromatic nitrogens is 2. The van der Waals surface area contributed by atoms with Crippen LogP contribution >= 0.6 is 0 Å². The number of benzene rings is 1. The van der Waals surface area contributed by atoms with Gasteiger partial charge in [-0.15, -0.1) is 0 Å². The standard InChI is InChI=1S/C17H25N3O2/c1-4-20-14(3)16(13(2)19-20)12-18-11-15-7-5-6-8-17(15)22-10-9-21/h5-8,18,21H,4,9-12H2,1-3H3. The van der Waals surface area contributed by atoms with E-state index in [1.54, 1.807) is 0 Å². The van der Waals surface area contributed by atoms with Gasteiger partial charge >= 0.3 is 0 Å². The van der Waals surface area contributed by atoms with Gasteiger partial charge in [-0.05, 0) is 26.8 Å². The average molecular weight is 303 g/mol. The zero-order chi connectivity index (χ0) is 15.9. The first-order valence-electron chi connectivity index (χ1n) is 7.72. The van der Waals surface area contributed by atoms with E-state index in [1.807, 2.05) is 28.9 Å². The molecule has 0 aliphatic heterocycles. The lowest BCUT2D eigenvalue weighted by Gasteiger charge is -2.11. The minimum Gasteiger partial charge on any atom is -0.491 e. The molecule has 0 saturated carbocycles. The molecule has 0 saturated heterocycles. The van der Waals surface area contributed by atoms with Crippen molar-refractivity contribution in [1.82, 2.24) is 15.1 Å². The molecule has 1 aromatic carbocycles. The summed E-state index contributed by atoms with van der Waals surface area (Å²) in [6.45, 7) is 9.00. The molecule has 0 aliphatic rings. The van der Waals surface area contributed by atoms with E-state index < -0.39 is 0 Å². The Bertz CT molecular complexity index is 608. The minimum atomic E-state index is 0.0242. The van der Waals surface area contributed by atoms with Crippen molar-refractivity contribution in [3.05, 3.63) is 46.8 Å². The third kappa shape index (κ3) is 3.87. The van der Waals surface area contributed by atoms with Gasteiger partial charge in [-0.2, -0.15) is 5.10 Å². The van der Waals surface area contributed by atoms with Crippen LogP contribution in [-0.2, 0) is 19.6 Å². The van der Waals surface area contributed by atoms with Crippen LogP contribution in [-0.4, -0.2) is 28.1 Å². The number of para-hydroxylation sites is 1. The molecule has 2 N–H and O–H groups in total. The monoisotopic (exact) mass is 303 g/mol. The lowest BCUT2D eigenvalue weighted by molar-refractivity contribution is 0.200. The van der Waals surface area contributed by atoms with Crippen LogP contribution in [0.2, 0.25) is 0 Å². The molecule has 0 unspecified atom stereocenters. The molecule has 2 aromatic rings. The van der Waals surface area contributed by atoms with Gasteiger partial charge in [0.2, 0.25) is 0 Å². The van der Waals surface area contributed by atoms with E-state index in [1.165, 1.54) is 11.3 Å². The maximum atomic E-state index is 8.88. The molecule has 1 aromatic heterocycles. The van der Waals surface area contributed by atoms with Gasteiger partial charge < -0.3 is 15.2 Å². The summed E-state index contributed by atoms with van der Waals surface area (Å²) in [5.41, 5.74) is 4.65. The molecule has 0 atom stereocenters. The molecule has 0 amide bonds. The summed E-state index contributed by atoms with van der Waals surface area (Å²) in [4.78, 5) is 0. The zero-order valence-corrected chi connectivity index (χ0v) is 13.6. The number of hydrogen-bond donors (Lipinski definition) is 2. The Morgan fingerprint density at radius 2 is 2.00 bits per heavy atom. The minimum absolute atomic E-state index is 0.0242. The second-order valence-electron chi connectivity index (χ2n) is 5.25. The summed E-state index contributed by atoms with van der Waals surface area (Å²) in [5.74, 6) is 0.821. The first-order chi connectivity index (χ1) is 10.7. The molecule has 5 nitrogen and oxygen atoms in total. The second kappa shape index (κ2) is 7.96. The van der Waals surface area contributed by atoms with Crippen LogP contribution < -0.4 is 10.1 Å². The zero-order valence-electron chi connectivity index (χ0n) is 13.6. The average Bonchev–Trinajstić information content (AvgIpc) is 2.81. The van der Waals surface area contributed by atoms with Gasteiger partial charge in [0.25, 0.3) is 0 Å². The highest BCUT2D eigenvalue weighted by Gasteiger charge is 2.10. The van der Waals surface area contributed by atoms with Gasteiger partial charge in [-0.25, -0.2) is 0 Å². The predicted molar refractivity (Wildman–Crippen MR) is 86.9 cm³/mol. The number of nitrogens with zero attached hydrogens (tertiary/aromatic N) is 2. The molecule has 0 bridgehead atoms. The molecule has 22 heavy (non-hydrogen) atoms. The second-order valence-corrected chi connectivity index (χ2v) is 5.25. The van der Waals surface area contributed by atoms with Crippen molar-refractivity contribution in [3.8, 4) is 5.75 Å². The number of nitrogens with one attached hydrogen (secondary N) is 1. The van der Waals surface area contributed by atoms with Crippen molar-refractivity contribution in [2.45, 2.75) is 40.4 Å². The van der Waals surface area contributed by atoms with Crippen molar-refractivity contribution in [3.63, 3.8) is 0 Å².